The van der Waals surface area contributed by atoms with Crippen molar-refractivity contribution in [3.63, 3.8) is 0 Å². The van der Waals surface area contributed by atoms with Crippen molar-refractivity contribution in [2.75, 3.05) is 0 Å². The van der Waals surface area contributed by atoms with Crippen LogP contribution in [0, 0.1) is 16.7 Å². The van der Waals surface area contributed by atoms with Gasteiger partial charge in [-0.05, 0) is 18.9 Å². The standard InChI is InChI=1S/C22H27NO4/c1-21(2,3)18(24)17-16-14-11-7-8-12-15(14)27-20(26)22(16,17)19(25)23-13-9-5-4-6-10-13/h7-8,11-13,16-17H,4-6,9-10H2,1-3H3,(H,23,25). The summed E-state index contributed by atoms with van der Waals surface area (Å²) in [5.41, 5.74) is -1.25. The van der Waals surface area contributed by atoms with Crippen LogP contribution in [0.2, 0.25) is 0 Å². The van der Waals surface area contributed by atoms with Crippen LogP contribution < -0.4 is 10.1 Å². The first-order valence-electron chi connectivity index (χ1n) is 9.94. The molecule has 1 heterocycles. The lowest BCUT2D eigenvalue weighted by molar-refractivity contribution is -0.151. The first-order valence-corrected chi connectivity index (χ1v) is 9.94. The molecule has 0 bridgehead atoms. The lowest BCUT2D eigenvalue weighted by Crippen LogP contribution is -2.48. The van der Waals surface area contributed by atoms with Crippen LogP contribution in [-0.4, -0.2) is 23.7 Å². The van der Waals surface area contributed by atoms with Crippen molar-refractivity contribution in [1.82, 2.24) is 5.32 Å². The number of nitrogens with one attached hydrogen (secondary N) is 1. The molecule has 1 aliphatic heterocycles. The van der Waals surface area contributed by atoms with Crippen molar-refractivity contribution in [1.29, 1.82) is 0 Å². The van der Waals surface area contributed by atoms with Gasteiger partial charge in [-0.2, -0.15) is 0 Å². The third-order valence-electron chi connectivity index (χ3n) is 6.34. The van der Waals surface area contributed by atoms with Gasteiger partial charge >= 0.3 is 5.97 Å². The number of fused-ring (bicyclic) bond motifs is 3. The van der Waals surface area contributed by atoms with E-state index in [0.29, 0.717) is 5.75 Å². The normalized spacial score (nSPS) is 30.0. The van der Waals surface area contributed by atoms with E-state index in [1.165, 1.54) is 6.42 Å². The minimum Gasteiger partial charge on any atom is -0.425 e. The monoisotopic (exact) mass is 369 g/mol. The minimum atomic E-state index is -1.41. The third kappa shape index (κ3) is 2.70. The molecular weight excluding hydrogens is 342 g/mol. The molecule has 0 spiro atoms. The average Bonchev–Trinajstić information content (AvgIpc) is 3.33. The highest BCUT2D eigenvalue weighted by molar-refractivity contribution is 6.16. The minimum absolute atomic E-state index is 0.0556. The Bertz CT molecular complexity index is 803. The molecule has 27 heavy (non-hydrogen) atoms. The molecule has 3 aliphatic rings. The number of Topliss-reactive ketones (excluding diaryl/α,β-unsaturated/α-hetero) is 1. The lowest BCUT2D eigenvalue weighted by Gasteiger charge is -2.27. The zero-order valence-electron chi connectivity index (χ0n) is 16.2. The first kappa shape index (κ1) is 18.2. The van der Waals surface area contributed by atoms with Gasteiger partial charge in [0.05, 0.1) is 5.92 Å². The SMILES string of the molecule is CC(C)(C)C(=O)C1C2c3ccccc3OC(=O)C12C(=O)NC1CCCCC1. The van der Waals surface area contributed by atoms with Gasteiger partial charge in [0.15, 0.2) is 5.41 Å². The van der Waals surface area contributed by atoms with Crippen LogP contribution >= 0.6 is 0 Å². The molecule has 1 aromatic rings. The highest BCUT2D eigenvalue weighted by atomic mass is 16.5. The number of carbonyl (C=O) groups excluding carboxylic acids is 3. The van der Waals surface area contributed by atoms with E-state index in [2.05, 4.69) is 5.32 Å². The van der Waals surface area contributed by atoms with Gasteiger partial charge in [-0.25, -0.2) is 0 Å². The van der Waals surface area contributed by atoms with E-state index in [1.807, 2.05) is 32.9 Å². The van der Waals surface area contributed by atoms with Gasteiger partial charge < -0.3 is 10.1 Å². The zero-order chi connectivity index (χ0) is 19.4. The molecule has 5 nitrogen and oxygen atoms in total. The predicted molar refractivity (Wildman–Crippen MR) is 100 cm³/mol. The van der Waals surface area contributed by atoms with Crippen molar-refractivity contribution in [2.24, 2.45) is 16.7 Å². The van der Waals surface area contributed by atoms with Gasteiger partial charge in [0.25, 0.3) is 0 Å². The number of para-hydroxylation sites is 1. The average molecular weight is 369 g/mol. The smallest absolute Gasteiger partial charge is 0.328 e. The molecule has 0 saturated heterocycles. The number of benzene rings is 1. The highest BCUT2D eigenvalue weighted by Crippen LogP contribution is 2.70. The van der Waals surface area contributed by atoms with Crippen LogP contribution in [0.15, 0.2) is 24.3 Å². The summed E-state index contributed by atoms with van der Waals surface area (Å²) in [5, 5.41) is 3.08. The molecule has 144 valence electrons. The summed E-state index contributed by atoms with van der Waals surface area (Å²) >= 11 is 0. The molecule has 0 aromatic heterocycles. The number of amides is 1. The molecule has 4 rings (SSSR count). The largest absolute Gasteiger partial charge is 0.425 e. The van der Waals surface area contributed by atoms with Crippen molar-refractivity contribution in [3.8, 4) is 5.75 Å². The number of rotatable bonds is 3. The van der Waals surface area contributed by atoms with E-state index < -0.39 is 28.6 Å². The van der Waals surface area contributed by atoms with Crippen LogP contribution in [0.25, 0.3) is 0 Å². The van der Waals surface area contributed by atoms with E-state index >= 15 is 0 Å². The summed E-state index contributed by atoms with van der Waals surface area (Å²) in [6.07, 6.45) is 5.20. The number of hydrogen-bond donors (Lipinski definition) is 1. The molecule has 3 atom stereocenters. The maximum atomic E-state index is 13.3. The summed E-state index contributed by atoms with van der Waals surface area (Å²) < 4.78 is 5.54. The van der Waals surface area contributed by atoms with Gasteiger partial charge in [0.2, 0.25) is 5.91 Å². The summed E-state index contributed by atoms with van der Waals surface area (Å²) in [4.78, 5) is 39.5. The second-order valence-electron chi connectivity index (χ2n) is 9.17. The van der Waals surface area contributed by atoms with Gasteiger partial charge in [-0.1, -0.05) is 58.2 Å². The summed E-state index contributed by atoms with van der Waals surface area (Å²) in [6.45, 7) is 5.51. The maximum absolute atomic E-state index is 13.3. The fraction of sp³-hybridized carbons (Fsp3) is 0.591. The van der Waals surface area contributed by atoms with Crippen molar-refractivity contribution in [3.05, 3.63) is 29.8 Å². The Kier molecular flexibility index (Phi) is 4.17. The van der Waals surface area contributed by atoms with E-state index in [9.17, 15) is 14.4 Å². The van der Waals surface area contributed by atoms with E-state index in [0.717, 1.165) is 31.2 Å². The fourth-order valence-corrected chi connectivity index (χ4v) is 4.83. The van der Waals surface area contributed by atoms with Crippen molar-refractivity contribution < 1.29 is 19.1 Å². The molecule has 1 N–H and O–H groups in total. The summed E-state index contributed by atoms with van der Waals surface area (Å²) in [5.74, 6) is -1.58. The number of ether oxygens (including phenoxy) is 1. The molecule has 2 saturated carbocycles. The summed E-state index contributed by atoms with van der Waals surface area (Å²) in [6, 6.07) is 7.33. The van der Waals surface area contributed by atoms with Gasteiger partial charge in [0.1, 0.15) is 11.5 Å². The van der Waals surface area contributed by atoms with Crippen LogP contribution in [0.1, 0.15) is 64.4 Å². The van der Waals surface area contributed by atoms with Crippen molar-refractivity contribution >= 4 is 17.7 Å². The predicted octanol–water partition coefficient (Wildman–Crippen LogP) is 3.37. The number of carbonyl (C=O) groups is 3. The molecule has 2 fully saturated rings. The fourth-order valence-electron chi connectivity index (χ4n) is 4.83. The van der Waals surface area contributed by atoms with Crippen LogP contribution in [-0.2, 0) is 14.4 Å². The second-order valence-corrected chi connectivity index (χ2v) is 9.17. The molecule has 5 heteroatoms. The molecule has 0 radical (unpaired) electrons. The number of ketones is 1. The maximum Gasteiger partial charge on any atom is 0.328 e. The van der Waals surface area contributed by atoms with Gasteiger partial charge in [-0.3, -0.25) is 14.4 Å². The van der Waals surface area contributed by atoms with Crippen LogP contribution in [0.4, 0.5) is 0 Å². The van der Waals surface area contributed by atoms with E-state index in [1.54, 1.807) is 12.1 Å². The Labute approximate surface area is 159 Å². The molecule has 1 aromatic carbocycles. The van der Waals surface area contributed by atoms with Gasteiger partial charge in [-0.15, -0.1) is 0 Å². The number of esters is 1. The molecular formula is C22H27NO4. The third-order valence-corrected chi connectivity index (χ3v) is 6.34. The van der Waals surface area contributed by atoms with Gasteiger partial charge in [0, 0.05) is 22.9 Å². The van der Waals surface area contributed by atoms with Crippen LogP contribution in [0.5, 0.6) is 5.75 Å². The Balaban J connectivity index is 1.72. The van der Waals surface area contributed by atoms with E-state index in [-0.39, 0.29) is 17.7 Å². The Morgan fingerprint density at radius 1 is 1.11 bits per heavy atom. The quantitative estimate of drug-likeness (QED) is 0.504. The molecule has 2 aliphatic carbocycles. The topological polar surface area (TPSA) is 72.5 Å². The second kappa shape index (κ2) is 6.18. The molecule has 3 unspecified atom stereocenters. The Morgan fingerprint density at radius 2 is 1.78 bits per heavy atom. The first-order chi connectivity index (χ1) is 12.8. The van der Waals surface area contributed by atoms with Crippen molar-refractivity contribution in [2.45, 2.75) is 64.8 Å². The molecule has 1 amide bonds. The number of hydrogen-bond acceptors (Lipinski definition) is 4. The van der Waals surface area contributed by atoms with E-state index in [4.69, 9.17) is 4.74 Å². The highest BCUT2D eigenvalue weighted by Gasteiger charge is 2.81. The Hall–Kier alpha value is -2.17. The Morgan fingerprint density at radius 3 is 2.44 bits per heavy atom. The lowest BCUT2D eigenvalue weighted by atomic mass is 9.84. The zero-order valence-corrected chi connectivity index (χ0v) is 16.2. The van der Waals surface area contributed by atoms with Crippen LogP contribution in [0.3, 0.4) is 0 Å². The summed E-state index contributed by atoms with van der Waals surface area (Å²) in [7, 11) is 0.